The van der Waals surface area contributed by atoms with E-state index in [1.807, 2.05) is 13.0 Å². The third kappa shape index (κ3) is 3.88. The molecule has 15 heavy (non-hydrogen) atoms. The minimum Gasteiger partial charge on any atom is -0.493 e. The Morgan fingerprint density at radius 1 is 1.60 bits per heavy atom. The van der Waals surface area contributed by atoms with E-state index < -0.39 is 0 Å². The van der Waals surface area contributed by atoms with Crippen LogP contribution in [0.2, 0.25) is 0 Å². The van der Waals surface area contributed by atoms with E-state index in [0.717, 1.165) is 22.8 Å². The van der Waals surface area contributed by atoms with E-state index in [1.54, 1.807) is 12.1 Å². The van der Waals surface area contributed by atoms with Crippen LogP contribution in [0.25, 0.3) is 0 Å². The van der Waals surface area contributed by atoms with E-state index in [9.17, 15) is 4.79 Å². The lowest BCUT2D eigenvalue weighted by atomic mass is 10.2. The summed E-state index contributed by atoms with van der Waals surface area (Å²) in [4.78, 5) is 10.7. The molecule has 0 fully saturated rings. The standard InChI is InChI=1S/C12H13BrO2/c1-9(2)5-6-15-11-3-4-12(13)10(7-11)8-14/h3-4,7-8H,1,5-6H2,2H3. The van der Waals surface area contributed by atoms with E-state index in [0.29, 0.717) is 17.9 Å². The summed E-state index contributed by atoms with van der Waals surface area (Å²) in [5.74, 6) is 0.710. The summed E-state index contributed by atoms with van der Waals surface area (Å²) >= 11 is 3.28. The first-order valence-corrected chi connectivity index (χ1v) is 5.44. The molecule has 0 aliphatic heterocycles. The second kappa shape index (κ2) is 5.71. The van der Waals surface area contributed by atoms with Crippen LogP contribution in [0.1, 0.15) is 23.7 Å². The molecule has 1 rings (SSSR count). The molecule has 2 nitrogen and oxygen atoms in total. The van der Waals surface area contributed by atoms with Crippen molar-refractivity contribution in [1.29, 1.82) is 0 Å². The summed E-state index contributed by atoms with van der Waals surface area (Å²) < 4.78 is 6.26. The van der Waals surface area contributed by atoms with Crippen LogP contribution in [-0.4, -0.2) is 12.9 Å². The van der Waals surface area contributed by atoms with E-state index in [-0.39, 0.29) is 0 Å². The number of benzene rings is 1. The highest BCUT2D eigenvalue weighted by Gasteiger charge is 2.01. The average molecular weight is 269 g/mol. The number of hydrogen-bond donors (Lipinski definition) is 0. The van der Waals surface area contributed by atoms with E-state index in [4.69, 9.17) is 4.74 Å². The van der Waals surface area contributed by atoms with Gasteiger partial charge in [0.2, 0.25) is 0 Å². The molecule has 0 unspecified atom stereocenters. The first-order valence-electron chi connectivity index (χ1n) is 4.65. The Bertz CT molecular complexity index is 372. The second-order valence-electron chi connectivity index (χ2n) is 3.36. The Balaban J connectivity index is 2.62. The van der Waals surface area contributed by atoms with Gasteiger partial charge in [-0.25, -0.2) is 0 Å². The van der Waals surface area contributed by atoms with Crippen LogP contribution in [0, 0.1) is 0 Å². The van der Waals surface area contributed by atoms with Gasteiger partial charge >= 0.3 is 0 Å². The summed E-state index contributed by atoms with van der Waals surface area (Å²) in [6.45, 7) is 6.34. The topological polar surface area (TPSA) is 26.3 Å². The normalized spacial score (nSPS) is 9.73. The maximum Gasteiger partial charge on any atom is 0.151 e. The number of aldehydes is 1. The van der Waals surface area contributed by atoms with Crippen LogP contribution in [0.5, 0.6) is 5.75 Å². The lowest BCUT2D eigenvalue weighted by Crippen LogP contribution is -1.98. The van der Waals surface area contributed by atoms with Crippen LogP contribution in [0.3, 0.4) is 0 Å². The Kier molecular flexibility index (Phi) is 4.56. The van der Waals surface area contributed by atoms with Gasteiger partial charge in [0.05, 0.1) is 6.61 Å². The number of hydrogen-bond acceptors (Lipinski definition) is 2. The highest BCUT2D eigenvalue weighted by atomic mass is 79.9. The minimum absolute atomic E-state index is 0.593. The minimum atomic E-state index is 0.593. The van der Waals surface area contributed by atoms with Crippen molar-refractivity contribution in [3.05, 3.63) is 40.4 Å². The van der Waals surface area contributed by atoms with E-state index in [1.165, 1.54) is 0 Å². The molecule has 0 saturated heterocycles. The Morgan fingerprint density at radius 2 is 2.33 bits per heavy atom. The van der Waals surface area contributed by atoms with Gasteiger partial charge in [0.1, 0.15) is 5.75 Å². The fourth-order valence-corrected chi connectivity index (χ4v) is 1.39. The molecule has 0 aromatic heterocycles. The SMILES string of the molecule is C=C(C)CCOc1ccc(Br)c(C=O)c1. The van der Waals surface area contributed by atoms with Crippen molar-refractivity contribution in [3.63, 3.8) is 0 Å². The van der Waals surface area contributed by atoms with Gasteiger partial charge in [0.25, 0.3) is 0 Å². The second-order valence-corrected chi connectivity index (χ2v) is 4.21. The van der Waals surface area contributed by atoms with Crippen molar-refractivity contribution in [3.8, 4) is 5.75 Å². The summed E-state index contributed by atoms with van der Waals surface area (Å²) in [6, 6.07) is 5.35. The van der Waals surface area contributed by atoms with Crippen molar-refractivity contribution in [2.75, 3.05) is 6.61 Å². The first-order chi connectivity index (χ1) is 7.13. The molecule has 0 heterocycles. The van der Waals surface area contributed by atoms with Crippen LogP contribution in [0.4, 0.5) is 0 Å². The highest BCUT2D eigenvalue weighted by Crippen LogP contribution is 2.21. The summed E-state index contributed by atoms with van der Waals surface area (Å²) in [5, 5.41) is 0. The van der Waals surface area contributed by atoms with Gasteiger partial charge in [-0.2, -0.15) is 0 Å². The Labute approximate surface area is 98.1 Å². The number of halogens is 1. The number of ether oxygens (including phenoxy) is 1. The largest absolute Gasteiger partial charge is 0.493 e. The highest BCUT2D eigenvalue weighted by molar-refractivity contribution is 9.10. The van der Waals surface area contributed by atoms with Gasteiger partial charge in [0.15, 0.2) is 6.29 Å². The van der Waals surface area contributed by atoms with Crippen LogP contribution in [0.15, 0.2) is 34.8 Å². The molecule has 0 saturated carbocycles. The molecule has 0 N–H and O–H groups in total. The lowest BCUT2D eigenvalue weighted by Gasteiger charge is -2.06. The summed E-state index contributed by atoms with van der Waals surface area (Å²) in [7, 11) is 0. The quantitative estimate of drug-likeness (QED) is 0.603. The van der Waals surface area contributed by atoms with Gasteiger partial charge in [-0.1, -0.05) is 21.5 Å². The van der Waals surface area contributed by atoms with E-state index in [2.05, 4.69) is 22.5 Å². The molecule has 0 amide bonds. The maximum atomic E-state index is 10.7. The molecule has 80 valence electrons. The van der Waals surface area contributed by atoms with Crippen LogP contribution >= 0.6 is 15.9 Å². The van der Waals surface area contributed by atoms with E-state index >= 15 is 0 Å². The average Bonchev–Trinajstić information content (AvgIpc) is 2.20. The fraction of sp³-hybridized carbons (Fsp3) is 0.250. The van der Waals surface area contributed by atoms with Gasteiger partial charge in [-0.3, -0.25) is 4.79 Å². The summed E-state index contributed by atoms with van der Waals surface area (Å²) in [6.07, 6.45) is 1.63. The molecule has 0 aliphatic rings. The predicted octanol–water partition coefficient (Wildman–Crippen LogP) is 3.61. The maximum absolute atomic E-state index is 10.7. The Hall–Kier alpha value is -1.09. The predicted molar refractivity (Wildman–Crippen MR) is 64.5 cm³/mol. The third-order valence-corrected chi connectivity index (χ3v) is 2.61. The van der Waals surface area contributed by atoms with Crippen LogP contribution < -0.4 is 4.74 Å². The third-order valence-electron chi connectivity index (χ3n) is 1.89. The number of rotatable bonds is 5. The molecule has 0 aliphatic carbocycles. The van der Waals surface area contributed by atoms with Crippen molar-refractivity contribution in [2.24, 2.45) is 0 Å². The zero-order valence-electron chi connectivity index (χ0n) is 8.63. The first kappa shape index (κ1) is 12.0. The molecule has 3 heteroatoms. The number of carbonyl (C=O) groups excluding carboxylic acids is 1. The molecule has 0 spiro atoms. The van der Waals surface area contributed by atoms with Crippen molar-refractivity contribution >= 4 is 22.2 Å². The van der Waals surface area contributed by atoms with Crippen molar-refractivity contribution in [2.45, 2.75) is 13.3 Å². The molecule has 0 bridgehead atoms. The number of carbonyl (C=O) groups is 1. The van der Waals surface area contributed by atoms with Gasteiger partial charge < -0.3 is 4.74 Å². The molecule has 0 atom stereocenters. The van der Waals surface area contributed by atoms with Gasteiger partial charge in [0, 0.05) is 16.5 Å². The molecule has 1 aromatic carbocycles. The monoisotopic (exact) mass is 268 g/mol. The van der Waals surface area contributed by atoms with Gasteiger partial charge in [-0.05, 0) is 25.1 Å². The van der Waals surface area contributed by atoms with Crippen molar-refractivity contribution in [1.82, 2.24) is 0 Å². The molecular formula is C12H13BrO2. The zero-order valence-corrected chi connectivity index (χ0v) is 10.2. The smallest absolute Gasteiger partial charge is 0.151 e. The lowest BCUT2D eigenvalue weighted by molar-refractivity contribution is 0.112. The van der Waals surface area contributed by atoms with Crippen LogP contribution in [-0.2, 0) is 0 Å². The molecular weight excluding hydrogens is 256 g/mol. The zero-order chi connectivity index (χ0) is 11.3. The summed E-state index contributed by atoms with van der Waals surface area (Å²) in [5.41, 5.74) is 1.69. The fourth-order valence-electron chi connectivity index (χ4n) is 1.05. The van der Waals surface area contributed by atoms with Gasteiger partial charge in [-0.15, -0.1) is 6.58 Å². The molecule has 0 radical (unpaired) electrons. The Morgan fingerprint density at radius 3 is 2.93 bits per heavy atom. The van der Waals surface area contributed by atoms with Crippen molar-refractivity contribution < 1.29 is 9.53 Å². The molecule has 1 aromatic rings.